The number of benzene rings is 1. The lowest BCUT2D eigenvalue weighted by molar-refractivity contribution is -0.214. The van der Waals surface area contributed by atoms with Crippen LogP contribution in [0.3, 0.4) is 0 Å². The first kappa shape index (κ1) is 17.4. The van der Waals surface area contributed by atoms with E-state index in [2.05, 4.69) is 0 Å². The summed E-state index contributed by atoms with van der Waals surface area (Å²) in [5.41, 5.74) is 6.05. The minimum Gasteiger partial charge on any atom is -0.369 e. The number of morpholine rings is 1. The predicted molar refractivity (Wildman–Crippen MR) is 88.6 cm³/mol. The summed E-state index contributed by atoms with van der Waals surface area (Å²) in [6, 6.07) is 6.68. The molecule has 8 nitrogen and oxygen atoms in total. The largest absolute Gasteiger partial charge is 0.369 e. The van der Waals surface area contributed by atoms with Gasteiger partial charge in [0, 0.05) is 30.9 Å². The fourth-order valence-corrected chi connectivity index (χ4v) is 3.20. The second kappa shape index (κ2) is 6.81. The van der Waals surface area contributed by atoms with Crippen LogP contribution < -0.4 is 10.6 Å². The average Bonchev–Trinajstić information content (AvgIpc) is 3.11. The highest BCUT2D eigenvalue weighted by Gasteiger charge is 2.45. The number of ether oxygens (including phenoxy) is 1. The van der Waals surface area contributed by atoms with Crippen molar-refractivity contribution < 1.29 is 24.2 Å². The Morgan fingerprint density at radius 3 is 2.64 bits per heavy atom. The van der Waals surface area contributed by atoms with E-state index in [0.717, 1.165) is 25.9 Å². The summed E-state index contributed by atoms with van der Waals surface area (Å²) in [6.45, 7) is 1.73. The molecule has 2 aliphatic heterocycles. The molecule has 0 saturated carbocycles. The fourth-order valence-electron chi connectivity index (χ4n) is 3.20. The summed E-state index contributed by atoms with van der Waals surface area (Å²) in [7, 11) is 0. The third-order valence-corrected chi connectivity index (χ3v) is 4.45. The number of carbonyl (C=O) groups excluding carboxylic acids is 3. The Balaban J connectivity index is 1.83. The first-order valence-corrected chi connectivity index (χ1v) is 8.27. The van der Waals surface area contributed by atoms with Crippen molar-refractivity contribution in [2.75, 3.05) is 31.1 Å². The van der Waals surface area contributed by atoms with Crippen LogP contribution in [0, 0.1) is 0 Å². The zero-order chi connectivity index (χ0) is 18.0. The van der Waals surface area contributed by atoms with Gasteiger partial charge < -0.3 is 25.4 Å². The lowest BCUT2D eigenvalue weighted by Crippen LogP contribution is -2.58. The van der Waals surface area contributed by atoms with E-state index in [9.17, 15) is 19.5 Å². The molecule has 0 radical (unpaired) electrons. The minimum absolute atomic E-state index is 0.0554. The predicted octanol–water partition coefficient (Wildman–Crippen LogP) is -0.150. The summed E-state index contributed by atoms with van der Waals surface area (Å²) < 4.78 is 5.09. The van der Waals surface area contributed by atoms with Gasteiger partial charge in [-0.1, -0.05) is 6.07 Å². The summed E-state index contributed by atoms with van der Waals surface area (Å²) in [6.07, 6.45) is 1.37. The van der Waals surface area contributed by atoms with E-state index in [4.69, 9.17) is 10.5 Å². The van der Waals surface area contributed by atoms with Crippen molar-refractivity contribution in [2.45, 2.75) is 25.0 Å². The van der Waals surface area contributed by atoms with Gasteiger partial charge in [0.2, 0.25) is 5.91 Å². The van der Waals surface area contributed by atoms with Gasteiger partial charge in [-0.15, -0.1) is 0 Å². The molecule has 8 heteroatoms. The molecule has 0 aliphatic carbocycles. The third kappa shape index (κ3) is 3.49. The van der Waals surface area contributed by atoms with Gasteiger partial charge in [0.15, 0.2) is 0 Å². The summed E-state index contributed by atoms with van der Waals surface area (Å²) >= 11 is 0. The van der Waals surface area contributed by atoms with Gasteiger partial charge in [0.25, 0.3) is 17.6 Å². The van der Waals surface area contributed by atoms with Crippen molar-refractivity contribution in [3.05, 3.63) is 29.8 Å². The lowest BCUT2D eigenvalue weighted by atomic mass is 10.1. The van der Waals surface area contributed by atoms with Crippen LogP contribution in [0.2, 0.25) is 0 Å². The number of rotatable bonds is 4. The van der Waals surface area contributed by atoms with E-state index >= 15 is 0 Å². The second-order valence-electron chi connectivity index (χ2n) is 6.28. The van der Waals surface area contributed by atoms with Crippen LogP contribution in [0.15, 0.2) is 24.3 Å². The van der Waals surface area contributed by atoms with Gasteiger partial charge in [-0.05, 0) is 31.0 Å². The minimum atomic E-state index is -2.26. The monoisotopic (exact) mass is 347 g/mol. The first-order chi connectivity index (χ1) is 11.9. The lowest BCUT2D eigenvalue weighted by Gasteiger charge is -2.37. The maximum Gasteiger partial charge on any atom is 0.287 e. The van der Waals surface area contributed by atoms with Crippen molar-refractivity contribution >= 4 is 23.4 Å². The SMILES string of the molecule is NC(=O)C[C@@]1(O)OCCN(c2cccc(C(=O)N3CCCC3)c2)C1=O. The molecule has 3 rings (SSSR count). The highest BCUT2D eigenvalue weighted by atomic mass is 16.6. The molecule has 1 atom stereocenters. The van der Waals surface area contributed by atoms with Gasteiger partial charge in [-0.25, -0.2) is 0 Å². The Labute approximate surface area is 145 Å². The molecule has 0 bridgehead atoms. The molecule has 0 unspecified atom stereocenters. The Kier molecular flexibility index (Phi) is 4.73. The van der Waals surface area contributed by atoms with Crippen molar-refractivity contribution in [1.29, 1.82) is 0 Å². The molecule has 3 amide bonds. The zero-order valence-corrected chi connectivity index (χ0v) is 13.8. The van der Waals surface area contributed by atoms with Crippen LogP contribution in [0.1, 0.15) is 29.6 Å². The van der Waals surface area contributed by atoms with Crippen LogP contribution in [0.5, 0.6) is 0 Å². The number of hydrogen-bond donors (Lipinski definition) is 2. The van der Waals surface area contributed by atoms with Crippen molar-refractivity contribution in [3.8, 4) is 0 Å². The maximum absolute atomic E-state index is 12.6. The second-order valence-corrected chi connectivity index (χ2v) is 6.28. The topological polar surface area (TPSA) is 113 Å². The molecule has 2 saturated heterocycles. The van der Waals surface area contributed by atoms with Crippen LogP contribution in [-0.4, -0.2) is 59.8 Å². The molecule has 0 aromatic heterocycles. The van der Waals surface area contributed by atoms with Crippen LogP contribution >= 0.6 is 0 Å². The quantitative estimate of drug-likeness (QED) is 0.786. The molecular weight excluding hydrogens is 326 g/mol. The molecule has 2 fully saturated rings. The van der Waals surface area contributed by atoms with E-state index in [-0.39, 0.29) is 19.1 Å². The molecule has 1 aromatic carbocycles. The molecule has 3 N–H and O–H groups in total. The maximum atomic E-state index is 12.6. The number of anilines is 1. The Hall–Kier alpha value is -2.45. The molecule has 25 heavy (non-hydrogen) atoms. The number of nitrogens with zero attached hydrogens (tertiary/aromatic N) is 2. The number of likely N-dealkylation sites (tertiary alicyclic amines) is 1. The molecule has 1 aromatic rings. The van der Waals surface area contributed by atoms with Gasteiger partial charge in [-0.2, -0.15) is 0 Å². The fraction of sp³-hybridized carbons (Fsp3) is 0.471. The molecule has 2 aliphatic rings. The van der Waals surface area contributed by atoms with E-state index in [1.807, 2.05) is 0 Å². The Morgan fingerprint density at radius 2 is 1.96 bits per heavy atom. The van der Waals surface area contributed by atoms with Crippen molar-refractivity contribution in [3.63, 3.8) is 0 Å². The molecule has 2 heterocycles. The molecular formula is C17H21N3O5. The van der Waals surface area contributed by atoms with Crippen LogP contribution in [0.4, 0.5) is 5.69 Å². The van der Waals surface area contributed by atoms with E-state index < -0.39 is 24.0 Å². The summed E-state index contributed by atoms with van der Waals surface area (Å²) in [5.74, 6) is -3.94. The summed E-state index contributed by atoms with van der Waals surface area (Å²) in [5, 5.41) is 10.3. The van der Waals surface area contributed by atoms with E-state index in [1.54, 1.807) is 29.2 Å². The molecule has 0 spiro atoms. The van der Waals surface area contributed by atoms with Gasteiger partial charge >= 0.3 is 0 Å². The van der Waals surface area contributed by atoms with Gasteiger partial charge in [-0.3, -0.25) is 14.4 Å². The van der Waals surface area contributed by atoms with E-state index in [1.165, 1.54) is 4.90 Å². The smallest absolute Gasteiger partial charge is 0.287 e. The van der Waals surface area contributed by atoms with Crippen molar-refractivity contribution in [2.24, 2.45) is 5.73 Å². The zero-order valence-electron chi connectivity index (χ0n) is 13.8. The van der Waals surface area contributed by atoms with Crippen LogP contribution in [0.25, 0.3) is 0 Å². The first-order valence-electron chi connectivity index (χ1n) is 8.27. The van der Waals surface area contributed by atoms with Crippen LogP contribution in [-0.2, 0) is 14.3 Å². The number of amides is 3. The van der Waals surface area contributed by atoms with E-state index in [0.29, 0.717) is 11.3 Å². The highest BCUT2D eigenvalue weighted by molar-refractivity contribution is 6.02. The standard InChI is InChI=1S/C17H21N3O5/c18-14(21)11-17(24)16(23)20(8-9-25-17)13-5-3-4-12(10-13)15(22)19-6-1-2-7-19/h3-5,10,24H,1-2,6-9,11H2,(H2,18,21)/t17-/m1/s1. The normalized spacial score (nSPS) is 23.8. The number of nitrogens with two attached hydrogens (primary N) is 1. The number of primary amides is 1. The van der Waals surface area contributed by atoms with Gasteiger partial charge in [0.05, 0.1) is 13.0 Å². The highest BCUT2D eigenvalue weighted by Crippen LogP contribution is 2.27. The third-order valence-electron chi connectivity index (χ3n) is 4.45. The average molecular weight is 347 g/mol. The Morgan fingerprint density at radius 1 is 1.24 bits per heavy atom. The van der Waals surface area contributed by atoms with Gasteiger partial charge in [0.1, 0.15) is 0 Å². The number of hydrogen-bond acceptors (Lipinski definition) is 5. The van der Waals surface area contributed by atoms with Crippen molar-refractivity contribution in [1.82, 2.24) is 4.90 Å². The number of carbonyl (C=O) groups is 3. The summed E-state index contributed by atoms with van der Waals surface area (Å²) in [4.78, 5) is 39.3. The Bertz CT molecular complexity index is 701. The molecule has 134 valence electrons. The number of aliphatic hydroxyl groups is 1.